The van der Waals surface area contributed by atoms with Gasteiger partial charge in [0, 0.05) is 5.02 Å². The Balaban J connectivity index is 1.73. The molecule has 0 aliphatic rings. The van der Waals surface area contributed by atoms with Crippen molar-refractivity contribution in [1.82, 2.24) is 0 Å². The van der Waals surface area contributed by atoms with Crippen LogP contribution in [0.15, 0.2) is 66.7 Å². The van der Waals surface area contributed by atoms with Crippen molar-refractivity contribution in [2.45, 2.75) is 0 Å². The van der Waals surface area contributed by atoms with Crippen molar-refractivity contribution in [3.05, 3.63) is 71.8 Å². The highest BCUT2D eigenvalue weighted by molar-refractivity contribution is 7.81. The number of para-hydroxylation sites is 4. The lowest BCUT2D eigenvalue weighted by Gasteiger charge is -2.18. The third kappa shape index (κ3) is 6.21. The van der Waals surface area contributed by atoms with Gasteiger partial charge in [0.1, 0.15) is 11.5 Å². The van der Waals surface area contributed by atoms with Gasteiger partial charge >= 0.3 is 0 Å². The van der Waals surface area contributed by atoms with Gasteiger partial charge in [-0.1, -0.05) is 35.9 Å². The largest absolute Gasteiger partial charge is 0.495 e. The lowest BCUT2D eigenvalue weighted by molar-refractivity contribution is 0.417. The van der Waals surface area contributed by atoms with Crippen molar-refractivity contribution >= 4 is 69.0 Å². The Labute approximate surface area is 196 Å². The molecule has 31 heavy (non-hydrogen) atoms. The second-order valence-electron chi connectivity index (χ2n) is 6.25. The number of anilines is 4. The molecule has 9 heteroatoms. The van der Waals surface area contributed by atoms with E-state index in [0.717, 1.165) is 11.4 Å². The maximum atomic E-state index is 6.20. The minimum Gasteiger partial charge on any atom is -0.495 e. The van der Waals surface area contributed by atoms with E-state index in [-0.39, 0.29) is 0 Å². The summed E-state index contributed by atoms with van der Waals surface area (Å²) in [7, 11) is 3.21. The highest BCUT2D eigenvalue weighted by Crippen LogP contribution is 2.28. The van der Waals surface area contributed by atoms with Crippen LogP contribution in [0.5, 0.6) is 11.5 Å². The normalized spacial score (nSPS) is 10.0. The Kier molecular flexibility index (Phi) is 7.88. The van der Waals surface area contributed by atoms with Gasteiger partial charge in [0.15, 0.2) is 10.2 Å². The standard InChI is InChI=1S/C22H21ClN4O2S2/c1-28-19-9-5-3-7-16(19)25-21(30)24-15-12-11-14(23)13-18(15)27-22(31)26-17-8-4-6-10-20(17)29-2/h3-13H,1-2H3,(H2,24,25,30)(H2,26,27,31). The molecule has 0 unspecified atom stereocenters. The van der Waals surface area contributed by atoms with E-state index in [1.807, 2.05) is 54.6 Å². The van der Waals surface area contributed by atoms with E-state index in [9.17, 15) is 0 Å². The van der Waals surface area contributed by atoms with Gasteiger partial charge in [-0.2, -0.15) is 0 Å². The molecule has 0 aromatic heterocycles. The summed E-state index contributed by atoms with van der Waals surface area (Å²) >= 11 is 17.1. The van der Waals surface area contributed by atoms with Crippen LogP contribution in [0.4, 0.5) is 22.7 Å². The van der Waals surface area contributed by atoms with Crippen molar-refractivity contribution < 1.29 is 9.47 Å². The van der Waals surface area contributed by atoms with Crippen molar-refractivity contribution in [2.24, 2.45) is 0 Å². The number of hydrogen-bond donors (Lipinski definition) is 4. The average molecular weight is 473 g/mol. The van der Waals surface area contributed by atoms with E-state index in [1.54, 1.807) is 26.4 Å². The molecule has 3 aromatic carbocycles. The van der Waals surface area contributed by atoms with Crippen LogP contribution in [0.3, 0.4) is 0 Å². The molecule has 0 fully saturated rings. The number of nitrogens with one attached hydrogen (secondary N) is 4. The summed E-state index contributed by atoms with van der Waals surface area (Å²) in [5, 5.41) is 13.9. The van der Waals surface area contributed by atoms with Crippen LogP contribution < -0.4 is 30.7 Å². The predicted molar refractivity (Wildman–Crippen MR) is 137 cm³/mol. The Bertz CT molecular complexity index is 1090. The van der Waals surface area contributed by atoms with Crippen molar-refractivity contribution in [1.29, 1.82) is 0 Å². The summed E-state index contributed by atoms with van der Waals surface area (Å²) in [6.45, 7) is 0. The zero-order valence-corrected chi connectivity index (χ0v) is 19.3. The molecular weight excluding hydrogens is 452 g/mol. The van der Waals surface area contributed by atoms with E-state index < -0.39 is 0 Å². The van der Waals surface area contributed by atoms with Crippen LogP contribution in [0.2, 0.25) is 5.02 Å². The lowest BCUT2D eigenvalue weighted by Crippen LogP contribution is -2.23. The molecule has 6 nitrogen and oxygen atoms in total. The van der Waals surface area contributed by atoms with E-state index in [4.69, 9.17) is 45.5 Å². The van der Waals surface area contributed by atoms with Crippen LogP contribution in [0.1, 0.15) is 0 Å². The summed E-state index contributed by atoms with van der Waals surface area (Å²) in [6.07, 6.45) is 0. The first-order valence-electron chi connectivity index (χ1n) is 9.21. The van der Waals surface area contributed by atoms with Crippen LogP contribution in [0.25, 0.3) is 0 Å². The van der Waals surface area contributed by atoms with Gasteiger partial charge in [-0.05, 0) is 66.9 Å². The van der Waals surface area contributed by atoms with E-state index in [1.165, 1.54) is 0 Å². The van der Waals surface area contributed by atoms with Gasteiger partial charge < -0.3 is 30.7 Å². The fraction of sp³-hybridized carbons (Fsp3) is 0.0909. The fourth-order valence-corrected chi connectivity index (χ4v) is 3.39. The summed E-state index contributed by atoms with van der Waals surface area (Å²) in [5.41, 5.74) is 2.84. The molecule has 3 rings (SSSR count). The molecule has 0 aliphatic carbocycles. The number of thiocarbonyl (C=S) groups is 2. The topological polar surface area (TPSA) is 66.6 Å². The third-order valence-electron chi connectivity index (χ3n) is 4.19. The fourth-order valence-electron chi connectivity index (χ4n) is 2.78. The lowest BCUT2D eigenvalue weighted by atomic mass is 10.2. The smallest absolute Gasteiger partial charge is 0.175 e. The number of rotatable bonds is 6. The molecular formula is C22H21ClN4O2S2. The van der Waals surface area contributed by atoms with E-state index in [0.29, 0.717) is 38.1 Å². The second-order valence-corrected chi connectivity index (χ2v) is 7.50. The molecule has 0 heterocycles. The minimum absolute atomic E-state index is 0.374. The van der Waals surface area contributed by atoms with Crippen LogP contribution in [-0.2, 0) is 0 Å². The Morgan fingerprint density at radius 1 is 0.645 bits per heavy atom. The van der Waals surface area contributed by atoms with E-state index in [2.05, 4.69) is 21.3 Å². The summed E-state index contributed by atoms with van der Waals surface area (Å²) in [5.74, 6) is 1.36. The van der Waals surface area contributed by atoms with Crippen molar-refractivity contribution in [2.75, 3.05) is 35.5 Å². The first kappa shape index (κ1) is 22.6. The molecule has 0 saturated carbocycles. The number of benzene rings is 3. The molecule has 0 atom stereocenters. The second kappa shape index (κ2) is 10.8. The van der Waals surface area contributed by atoms with Crippen LogP contribution in [-0.4, -0.2) is 24.4 Å². The van der Waals surface area contributed by atoms with Gasteiger partial charge in [-0.25, -0.2) is 0 Å². The molecule has 0 aliphatic heterocycles. The van der Waals surface area contributed by atoms with Gasteiger partial charge in [0.2, 0.25) is 0 Å². The monoisotopic (exact) mass is 472 g/mol. The zero-order valence-electron chi connectivity index (χ0n) is 16.9. The molecule has 0 amide bonds. The highest BCUT2D eigenvalue weighted by Gasteiger charge is 2.10. The molecule has 0 spiro atoms. The van der Waals surface area contributed by atoms with E-state index >= 15 is 0 Å². The SMILES string of the molecule is COc1ccccc1NC(=S)Nc1ccc(Cl)cc1NC(=S)Nc1ccccc1OC. The van der Waals surface area contributed by atoms with Gasteiger partial charge in [-0.15, -0.1) is 0 Å². The maximum absolute atomic E-state index is 6.20. The minimum atomic E-state index is 0.374. The first-order chi connectivity index (χ1) is 15.0. The summed E-state index contributed by atoms with van der Waals surface area (Å²) in [6, 6.07) is 20.3. The number of ether oxygens (including phenoxy) is 2. The van der Waals surface area contributed by atoms with Crippen LogP contribution >= 0.6 is 36.0 Å². The molecule has 160 valence electrons. The highest BCUT2D eigenvalue weighted by atomic mass is 35.5. The Morgan fingerprint density at radius 3 is 1.61 bits per heavy atom. The first-order valence-corrected chi connectivity index (χ1v) is 10.4. The van der Waals surface area contributed by atoms with Crippen LogP contribution in [0, 0.1) is 0 Å². The third-order valence-corrected chi connectivity index (χ3v) is 4.83. The number of hydrogen-bond acceptors (Lipinski definition) is 4. The predicted octanol–water partition coefficient (Wildman–Crippen LogP) is 5.98. The molecule has 0 radical (unpaired) electrons. The molecule has 0 saturated heterocycles. The van der Waals surface area contributed by atoms with Gasteiger partial charge in [-0.3, -0.25) is 0 Å². The molecule has 4 N–H and O–H groups in total. The average Bonchev–Trinajstić information content (AvgIpc) is 2.76. The van der Waals surface area contributed by atoms with Gasteiger partial charge in [0.25, 0.3) is 0 Å². The number of halogens is 1. The molecule has 3 aromatic rings. The van der Waals surface area contributed by atoms with Gasteiger partial charge in [0.05, 0.1) is 37.0 Å². The van der Waals surface area contributed by atoms with Crippen molar-refractivity contribution in [3.8, 4) is 11.5 Å². The summed E-state index contributed by atoms with van der Waals surface area (Å²) < 4.78 is 10.7. The number of methoxy groups -OCH3 is 2. The summed E-state index contributed by atoms with van der Waals surface area (Å²) in [4.78, 5) is 0. The maximum Gasteiger partial charge on any atom is 0.175 e. The Morgan fingerprint density at radius 2 is 1.10 bits per heavy atom. The molecule has 0 bridgehead atoms. The quantitative estimate of drug-likeness (QED) is 0.327. The zero-order chi connectivity index (χ0) is 22.2. The Hall–Kier alpha value is -3.07. The van der Waals surface area contributed by atoms with Crippen molar-refractivity contribution in [3.63, 3.8) is 0 Å².